The average molecular weight is 414 g/mol. The molecule has 0 N–H and O–H groups in total. The third-order valence-electron chi connectivity index (χ3n) is 4.49. The van der Waals surface area contributed by atoms with Gasteiger partial charge in [0.2, 0.25) is 0 Å². The number of carbonyl (C=O) groups excluding carboxylic acids is 1. The molecule has 0 radical (unpaired) electrons. The second kappa shape index (κ2) is 9.13. The van der Waals surface area contributed by atoms with E-state index in [9.17, 15) is 31.1 Å². The predicted molar refractivity (Wildman–Crippen MR) is 85.6 cm³/mol. The Kier molecular flexibility index (Phi) is 7.33. The molecular formula is C18H20F6O4. The molecule has 2 rings (SSSR count). The Hall–Kier alpha value is -1.81. The van der Waals surface area contributed by atoms with Crippen LogP contribution in [0.3, 0.4) is 0 Å². The normalized spacial score (nSPS) is 22.0. The number of methoxy groups -OCH3 is 1. The van der Waals surface area contributed by atoms with Gasteiger partial charge in [-0.3, -0.25) is 4.79 Å². The number of esters is 1. The molecule has 158 valence electrons. The van der Waals surface area contributed by atoms with Gasteiger partial charge in [0, 0.05) is 12.7 Å². The molecule has 0 saturated heterocycles. The molecular weight excluding hydrogens is 394 g/mol. The zero-order valence-electron chi connectivity index (χ0n) is 15.0. The van der Waals surface area contributed by atoms with Gasteiger partial charge < -0.3 is 14.2 Å². The Balaban J connectivity index is 1.93. The van der Waals surface area contributed by atoms with Crippen molar-refractivity contribution in [2.24, 2.45) is 5.92 Å². The Morgan fingerprint density at radius 3 is 2.14 bits per heavy atom. The van der Waals surface area contributed by atoms with Crippen molar-refractivity contribution in [2.45, 2.75) is 50.1 Å². The number of alkyl halides is 6. The highest BCUT2D eigenvalue weighted by Crippen LogP contribution is 2.42. The number of rotatable bonds is 7. The van der Waals surface area contributed by atoms with E-state index in [0.29, 0.717) is 37.8 Å². The van der Waals surface area contributed by atoms with Gasteiger partial charge in [-0.1, -0.05) is 0 Å². The Morgan fingerprint density at radius 1 is 1.07 bits per heavy atom. The molecule has 1 atom stereocenters. The lowest BCUT2D eigenvalue weighted by molar-refractivity contribution is -0.248. The van der Waals surface area contributed by atoms with Gasteiger partial charge in [0.1, 0.15) is 12.5 Å². The summed E-state index contributed by atoms with van der Waals surface area (Å²) in [5.41, 5.74) is -1.16. The number of hydrogen-bond donors (Lipinski definition) is 0. The van der Waals surface area contributed by atoms with E-state index in [1.807, 2.05) is 0 Å². The van der Waals surface area contributed by atoms with E-state index in [1.165, 1.54) is 7.11 Å². The van der Waals surface area contributed by atoms with Crippen LogP contribution in [0.2, 0.25) is 0 Å². The molecule has 28 heavy (non-hydrogen) atoms. The van der Waals surface area contributed by atoms with Crippen molar-refractivity contribution in [3.63, 3.8) is 0 Å². The Bertz CT molecular complexity index is 638. The van der Waals surface area contributed by atoms with Crippen molar-refractivity contribution in [3.05, 3.63) is 29.8 Å². The third-order valence-corrected chi connectivity index (χ3v) is 4.49. The van der Waals surface area contributed by atoms with Crippen molar-refractivity contribution in [1.29, 1.82) is 0 Å². The minimum Gasteiger partial charge on any atom is -0.426 e. The summed E-state index contributed by atoms with van der Waals surface area (Å²) in [6, 6.07) is 3.04. The maximum atomic E-state index is 13.6. The van der Waals surface area contributed by atoms with Gasteiger partial charge in [-0.15, -0.1) is 0 Å². The van der Waals surface area contributed by atoms with Gasteiger partial charge in [-0.2, -0.15) is 22.0 Å². The standard InChI is InChI=1S/C18H20F6O4/c1-26-10-27-13-6-2-11(3-7-13)15(25)28-14-8-4-12(5-9-14)17(20,21)16(19)18(22,23)24/h4-5,8-9,11,13,16H,2-3,6-7,10H2,1H3. The SMILES string of the molecule is COCOC1CCC(C(=O)Oc2ccc(C(F)(F)C(F)C(F)(F)F)cc2)CC1. The molecule has 1 fully saturated rings. The summed E-state index contributed by atoms with van der Waals surface area (Å²) in [6.45, 7) is 0.158. The van der Waals surface area contributed by atoms with Gasteiger partial charge in [-0.05, 0) is 49.9 Å². The van der Waals surface area contributed by atoms with Crippen LogP contribution in [0, 0.1) is 5.92 Å². The number of halogens is 6. The van der Waals surface area contributed by atoms with Crippen molar-refractivity contribution in [1.82, 2.24) is 0 Å². The highest BCUT2D eigenvalue weighted by Gasteiger charge is 2.57. The predicted octanol–water partition coefficient (Wildman–Crippen LogP) is 4.76. The van der Waals surface area contributed by atoms with E-state index < -0.39 is 35.7 Å². The van der Waals surface area contributed by atoms with Crippen LogP contribution >= 0.6 is 0 Å². The van der Waals surface area contributed by atoms with Gasteiger partial charge in [0.25, 0.3) is 6.17 Å². The number of hydrogen-bond acceptors (Lipinski definition) is 4. The van der Waals surface area contributed by atoms with Gasteiger partial charge in [0.05, 0.1) is 12.0 Å². The summed E-state index contributed by atoms with van der Waals surface area (Å²) in [7, 11) is 1.50. The molecule has 0 bridgehead atoms. The van der Waals surface area contributed by atoms with E-state index >= 15 is 0 Å². The lowest BCUT2D eigenvalue weighted by atomic mass is 9.87. The van der Waals surface area contributed by atoms with Crippen LogP contribution in [0.25, 0.3) is 0 Å². The van der Waals surface area contributed by atoms with Gasteiger partial charge >= 0.3 is 18.1 Å². The summed E-state index contributed by atoms with van der Waals surface area (Å²) in [6.07, 6.45) is -7.76. The molecule has 0 amide bonds. The van der Waals surface area contributed by atoms with Crippen LogP contribution in [0.15, 0.2) is 24.3 Å². The Labute approximate surface area is 157 Å². The van der Waals surface area contributed by atoms with Gasteiger partial charge in [-0.25, -0.2) is 4.39 Å². The maximum Gasteiger partial charge on any atom is 0.426 e. The molecule has 1 aromatic carbocycles. The summed E-state index contributed by atoms with van der Waals surface area (Å²) in [5.74, 6) is -5.82. The van der Waals surface area contributed by atoms with E-state index in [2.05, 4.69) is 0 Å². The molecule has 4 nitrogen and oxygen atoms in total. The van der Waals surface area contributed by atoms with Crippen LogP contribution in [-0.2, 0) is 20.2 Å². The van der Waals surface area contributed by atoms with E-state index in [0.717, 1.165) is 12.1 Å². The second-order valence-corrected chi connectivity index (χ2v) is 6.52. The summed E-state index contributed by atoms with van der Waals surface area (Å²) in [5, 5.41) is 0. The first-order valence-corrected chi connectivity index (χ1v) is 8.57. The smallest absolute Gasteiger partial charge is 0.426 e. The maximum absolute atomic E-state index is 13.6. The summed E-state index contributed by atoms with van der Waals surface area (Å²) < 4.78 is 92.4. The molecule has 0 spiro atoms. The molecule has 0 heterocycles. The average Bonchev–Trinajstić information content (AvgIpc) is 2.65. The molecule has 1 unspecified atom stereocenters. The number of benzene rings is 1. The van der Waals surface area contributed by atoms with Crippen molar-refractivity contribution in [2.75, 3.05) is 13.9 Å². The van der Waals surface area contributed by atoms with Crippen LogP contribution in [-0.4, -0.2) is 38.3 Å². The first-order chi connectivity index (χ1) is 13.1. The first-order valence-electron chi connectivity index (χ1n) is 8.57. The molecule has 0 aromatic heterocycles. The largest absolute Gasteiger partial charge is 0.426 e. The van der Waals surface area contributed by atoms with Crippen LogP contribution < -0.4 is 4.74 Å². The summed E-state index contributed by atoms with van der Waals surface area (Å²) in [4.78, 5) is 12.2. The van der Waals surface area contributed by atoms with Crippen molar-refractivity contribution < 1.29 is 45.3 Å². The quantitative estimate of drug-likeness (QED) is 0.279. The second-order valence-electron chi connectivity index (χ2n) is 6.52. The minimum absolute atomic E-state index is 0.0206. The fourth-order valence-electron chi connectivity index (χ4n) is 2.93. The monoisotopic (exact) mass is 414 g/mol. The molecule has 1 aliphatic rings. The molecule has 1 saturated carbocycles. The number of ether oxygens (including phenoxy) is 3. The molecule has 0 aliphatic heterocycles. The zero-order chi connectivity index (χ0) is 20.9. The highest BCUT2D eigenvalue weighted by atomic mass is 19.4. The van der Waals surface area contributed by atoms with Crippen molar-refractivity contribution >= 4 is 5.97 Å². The molecule has 10 heteroatoms. The lowest BCUT2D eigenvalue weighted by Gasteiger charge is -2.27. The van der Waals surface area contributed by atoms with Crippen LogP contribution in [0.4, 0.5) is 26.3 Å². The third kappa shape index (κ3) is 5.60. The highest BCUT2D eigenvalue weighted by molar-refractivity contribution is 5.75. The molecule has 1 aliphatic carbocycles. The first kappa shape index (κ1) is 22.5. The topological polar surface area (TPSA) is 44.8 Å². The van der Waals surface area contributed by atoms with Crippen molar-refractivity contribution in [3.8, 4) is 5.75 Å². The zero-order valence-corrected chi connectivity index (χ0v) is 15.0. The van der Waals surface area contributed by atoms with E-state index in [1.54, 1.807) is 0 Å². The van der Waals surface area contributed by atoms with Crippen LogP contribution in [0.5, 0.6) is 5.75 Å². The van der Waals surface area contributed by atoms with E-state index in [4.69, 9.17) is 14.2 Å². The van der Waals surface area contributed by atoms with Gasteiger partial charge in [0.15, 0.2) is 0 Å². The molecule has 1 aromatic rings. The number of carbonyl (C=O) groups is 1. The summed E-state index contributed by atoms with van der Waals surface area (Å²) >= 11 is 0. The van der Waals surface area contributed by atoms with E-state index in [-0.39, 0.29) is 18.6 Å². The lowest BCUT2D eigenvalue weighted by Crippen LogP contribution is -2.39. The fraction of sp³-hybridized carbons (Fsp3) is 0.611. The van der Waals surface area contributed by atoms with Crippen LogP contribution in [0.1, 0.15) is 31.2 Å². The minimum atomic E-state index is -5.69. The Morgan fingerprint density at radius 2 is 1.64 bits per heavy atom. The fourth-order valence-corrected chi connectivity index (χ4v) is 2.93.